The predicted octanol–water partition coefficient (Wildman–Crippen LogP) is 4.28. The molecule has 0 bridgehead atoms. The second-order valence-corrected chi connectivity index (χ2v) is 5.17. The lowest BCUT2D eigenvalue weighted by molar-refractivity contribution is 1.03. The molecule has 0 amide bonds. The largest absolute Gasteiger partial charge is 0.397 e. The zero-order valence-electron chi connectivity index (χ0n) is 12.4. The Morgan fingerprint density at radius 1 is 1.05 bits per heavy atom. The lowest BCUT2D eigenvalue weighted by atomic mass is 10.1. The molecule has 0 saturated carbocycles. The summed E-state index contributed by atoms with van der Waals surface area (Å²) in [5.74, 6) is 0. The number of pyridine rings is 1. The summed E-state index contributed by atoms with van der Waals surface area (Å²) in [5.41, 5.74) is 10.7. The summed E-state index contributed by atoms with van der Waals surface area (Å²) >= 11 is 0. The van der Waals surface area contributed by atoms with Gasteiger partial charge in [0.15, 0.2) is 0 Å². The molecule has 2 aromatic carbocycles. The Balaban J connectivity index is 2.12. The molecule has 1 heterocycles. The van der Waals surface area contributed by atoms with Gasteiger partial charge in [-0.2, -0.15) is 0 Å². The van der Waals surface area contributed by atoms with Crippen LogP contribution < -0.4 is 10.6 Å². The molecule has 3 aromatic rings. The first kappa shape index (κ1) is 13.4. The monoisotopic (exact) mass is 277 g/mol. The fourth-order valence-corrected chi connectivity index (χ4v) is 2.63. The number of rotatable bonds is 3. The van der Waals surface area contributed by atoms with Crippen LogP contribution in [0.3, 0.4) is 0 Å². The topological polar surface area (TPSA) is 42.2 Å². The first-order valence-electron chi connectivity index (χ1n) is 7.17. The van der Waals surface area contributed by atoms with Crippen LogP contribution in [0.15, 0.2) is 54.9 Å². The zero-order valence-corrected chi connectivity index (χ0v) is 12.4. The number of nitrogens with zero attached hydrogens (tertiary/aromatic N) is 2. The minimum atomic E-state index is 0.803. The summed E-state index contributed by atoms with van der Waals surface area (Å²) in [7, 11) is 0. The highest BCUT2D eigenvalue weighted by atomic mass is 15.1. The normalized spacial score (nSPS) is 10.8. The van der Waals surface area contributed by atoms with Crippen LogP contribution in [0.25, 0.3) is 10.8 Å². The lowest BCUT2D eigenvalue weighted by Crippen LogP contribution is -2.17. The van der Waals surface area contributed by atoms with Crippen molar-refractivity contribution in [3.05, 3.63) is 60.4 Å². The molecule has 0 fully saturated rings. The Morgan fingerprint density at radius 3 is 2.52 bits per heavy atom. The summed E-state index contributed by atoms with van der Waals surface area (Å²) in [6.45, 7) is 5.09. The fraction of sp³-hybridized carbons (Fsp3) is 0.167. The zero-order chi connectivity index (χ0) is 14.8. The Kier molecular flexibility index (Phi) is 3.48. The van der Waals surface area contributed by atoms with Gasteiger partial charge in [-0.3, -0.25) is 4.98 Å². The van der Waals surface area contributed by atoms with Crippen molar-refractivity contribution in [1.82, 2.24) is 4.98 Å². The van der Waals surface area contributed by atoms with Crippen molar-refractivity contribution >= 4 is 27.8 Å². The van der Waals surface area contributed by atoms with Gasteiger partial charge in [0.25, 0.3) is 0 Å². The van der Waals surface area contributed by atoms with Crippen LogP contribution in [0.4, 0.5) is 17.1 Å². The molecular formula is C18H19N3. The van der Waals surface area contributed by atoms with E-state index >= 15 is 0 Å². The third-order valence-corrected chi connectivity index (χ3v) is 3.79. The first-order chi connectivity index (χ1) is 10.2. The van der Waals surface area contributed by atoms with E-state index in [9.17, 15) is 0 Å². The molecule has 3 rings (SSSR count). The van der Waals surface area contributed by atoms with Crippen molar-refractivity contribution in [3.8, 4) is 0 Å². The molecule has 0 saturated heterocycles. The van der Waals surface area contributed by atoms with Crippen LogP contribution in [0, 0.1) is 6.92 Å². The van der Waals surface area contributed by atoms with E-state index < -0.39 is 0 Å². The van der Waals surface area contributed by atoms with Gasteiger partial charge in [-0.1, -0.05) is 23.8 Å². The number of aromatic nitrogens is 1. The second-order valence-electron chi connectivity index (χ2n) is 5.17. The Labute approximate surface area is 125 Å². The first-order valence-corrected chi connectivity index (χ1v) is 7.17. The molecule has 0 spiro atoms. The molecule has 106 valence electrons. The van der Waals surface area contributed by atoms with Gasteiger partial charge in [-0.25, -0.2) is 0 Å². The van der Waals surface area contributed by atoms with Gasteiger partial charge < -0.3 is 10.6 Å². The van der Waals surface area contributed by atoms with E-state index in [1.54, 1.807) is 6.20 Å². The van der Waals surface area contributed by atoms with Gasteiger partial charge in [0.1, 0.15) is 0 Å². The van der Waals surface area contributed by atoms with Crippen LogP contribution in [0.5, 0.6) is 0 Å². The van der Waals surface area contributed by atoms with Gasteiger partial charge >= 0.3 is 0 Å². The SMILES string of the molecule is CCN(c1ccc(C)cc1)c1ccc2cnccc2c1N. The van der Waals surface area contributed by atoms with Crippen molar-refractivity contribution in [1.29, 1.82) is 0 Å². The van der Waals surface area contributed by atoms with Crippen LogP contribution in [0.1, 0.15) is 12.5 Å². The standard InChI is InChI=1S/C18H19N3/c1-3-21(15-7-4-13(2)5-8-15)17-9-6-14-12-20-11-10-16(14)18(17)19/h4-12H,3,19H2,1-2H3. The quantitative estimate of drug-likeness (QED) is 0.726. The maximum absolute atomic E-state index is 6.39. The highest BCUT2D eigenvalue weighted by molar-refractivity contribution is 5.99. The molecular weight excluding hydrogens is 258 g/mol. The number of anilines is 3. The summed E-state index contributed by atoms with van der Waals surface area (Å²) < 4.78 is 0. The van der Waals surface area contributed by atoms with Crippen LogP contribution in [0.2, 0.25) is 0 Å². The minimum absolute atomic E-state index is 0.803. The third kappa shape index (κ3) is 2.42. The average molecular weight is 277 g/mol. The number of nitrogens with two attached hydrogens (primary N) is 1. The van der Waals surface area contributed by atoms with E-state index in [0.717, 1.165) is 34.4 Å². The van der Waals surface area contributed by atoms with Crippen LogP contribution >= 0.6 is 0 Å². The van der Waals surface area contributed by atoms with Crippen LogP contribution in [-0.4, -0.2) is 11.5 Å². The Morgan fingerprint density at radius 2 is 1.81 bits per heavy atom. The second kappa shape index (κ2) is 5.44. The smallest absolute Gasteiger partial charge is 0.0651 e. The Hall–Kier alpha value is -2.55. The van der Waals surface area contributed by atoms with Crippen molar-refractivity contribution in [3.63, 3.8) is 0 Å². The molecule has 0 atom stereocenters. The number of fused-ring (bicyclic) bond motifs is 1. The van der Waals surface area contributed by atoms with Gasteiger partial charge in [0, 0.05) is 35.4 Å². The number of nitrogen functional groups attached to an aromatic ring is 1. The number of aryl methyl sites for hydroxylation is 1. The van der Waals surface area contributed by atoms with Crippen molar-refractivity contribution in [2.45, 2.75) is 13.8 Å². The van der Waals surface area contributed by atoms with Gasteiger partial charge in [0.05, 0.1) is 11.4 Å². The highest BCUT2D eigenvalue weighted by Gasteiger charge is 2.12. The lowest BCUT2D eigenvalue weighted by Gasteiger charge is -2.25. The summed E-state index contributed by atoms with van der Waals surface area (Å²) in [4.78, 5) is 6.38. The van der Waals surface area contributed by atoms with Crippen molar-refractivity contribution in [2.75, 3.05) is 17.2 Å². The molecule has 1 aromatic heterocycles. The van der Waals surface area contributed by atoms with Gasteiger partial charge in [-0.05, 0) is 38.1 Å². The highest BCUT2D eigenvalue weighted by Crippen LogP contribution is 2.35. The summed E-state index contributed by atoms with van der Waals surface area (Å²) in [6, 6.07) is 14.6. The maximum atomic E-state index is 6.39. The van der Waals surface area contributed by atoms with Crippen molar-refractivity contribution < 1.29 is 0 Å². The number of benzene rings is 2. The predicted molar refractivity (Wildman–Crippen MR) is 90.0 cm³/mol. The van der Waals surface area contributed by atoms with E-state index in [-0.39, 0.29) is 0 Å². The van der Waals surface area contributed by atoms with Crippen molar-refractivity contribution in [2.24, 2.45) is 0 Å². The Bertz CT molecular complexity index is 763. The molecule has 2 N–H and O–H groups in total. The summed E-state index contributed by atoms with van der Waals surface area (Å²) in [6.07, 6.45) is 3.63. The molecule has 0 aliphatic heterocycles. The van der Waals surface area contributed by atoms with Gasteiger partial charge in [0.2, 0.25) is 0 Å². The molecule has 0 aliphatic rings. The minimum Gasteiger partial charge on any atom is -0.397 e. The summed E-state index contributed by atoms with van der Waals surface area (Å²) in [5, 5.41) is 2.12. The molecule has 21 heavy (non-hydrogen) atoms. The average Bonchev–Trinajstić information content (AvgIpc) is 2.52. The van der Waals surface area contributed by atoms with E-state index in [2.05, 4.69) is 60.1 Å². The molecule has 3 heteroatoms. The van der Waals surface area contributed by atoms with E-state index in [1.807, 2.05) is 12.3 Å². The molecule has 0 radical (unpaired) electrons. The molecule has 0 aliphatic carbocycles. The van der Waals surface area contributed by atoms with E-state index in [4.69, 9.17) is 5.73 Å². The number of hydrogen-bond acceptors (Lipinski definition) is 3. The fourth-order valence-electron chi connectivity index (χ4n) is 2.63. The van der Waals surface area contributed by atoms with Gasteiger partial charge in [-0.15, -0.1) is 0 Å². The molecule has 0 unspecified atom stereocenters. The third-order valence-electron chi connectivity index (χ3n) is 3.79. The maximum Gasteiger partial charge on any atom is 0.0651 e. The van der Waals surface area contributed by atoms with E-state index in [1.165, 1.54) is 5.56 Å². The van der Waals surface area contributed by atoms with Crippen LogP contribution in [-0.2, 0) is 0 Å². The molecule has 3 nitrogen and oxygen atoms in total. The number of hydrogen-bond donors (Lipinski definition) is 1. The van der Waals surface area contributed by atoms with E-state index in [0.29, 0.717) is 0 Å².